The Morgan fingerprint density at radius 2 is 1.64 bits per heavy atom. The SMILES string of the molecule is O=C1[C@@H]2[C@H](C(=O)N1c1ccn(Cc3cccc4ccccc34)n1)[C@H]1CC[C@@H]2O1. The van der Waals surface area contributed by atoms with Gasteiger partial charge in [0.25, 0.3) is 0 Å². The van der Waals surface area contributed by atoms with Crippen LogP contribution in [-0.2, 0) is 20.9 Å². The first-order valence-corrected chi connectivity index (χ1v) is 9.74. The summed E-state index contributed by atoms with van der Waals surface area (Å²) in [6.07, 6.45) is 3.36. The zero-order chi connectivity index (χ0) is 18.8. The molecule has 2 aromatic carbocycles. The molecule has 4 heterocycles. The number of imide groups is 1. The monoisotopic (exact) mass is 373 g/mol. The van der Waals surface area contributed by atoms with Gasteiger partial charge in [-0.05, 0) is 29.2 Å². The first-order valence-electron chi connectivity index (χ1n) is 9.74. The van der Waals surface area contributed by atoms with Gasteiger partial charge in [0.1, 0.15) is 0 Å². The topological polar surface area (TPSA) is 64.4 Å². The minimum atomic E-state index is -0.325. The lowest BCUT2D eigenvalue weighted by atomic mass is 9.81. The fourth-order valence-corrected chi connectivity index (χ4v) is 5.10. The molecule has 4 atom stereocenters. The summed E-state index contributed by atoms with van der Waals surface area (Å²) in [5, 5.41) is 6.91. The smallest absolute Gasteiger partial charge is 0.241 e. The van der Waals surface area contributed by atoms with Gasteiger partial charge in [0.2, 0.25) is 11.8 Å². The molecular weight excluding hydrogens is 354 g/mol. The van der Waals surface area contributed by atoms with Crippen LogP contribution in [0.3, 0.4) is 0 Å². The lowest BCUT2D eigenvalue weighted by Gasteiger charge is -2.15. The number of benzene rings is 2. The molecule has 3 fully saturated rings. The van der Waals surface area contributed by atoms with Crippen molar-refractivity contribution in [1.29, 1.82) is 0 Å². The second kappa shape index (κ2) is 5.75. The third-order valence-corrected chi connectivity index (χ3v) is 6.35. The van der Waals surface area contributed by atoms with Crippen molar-refractivity contribution in [3.05, 3.63) is 60.3 Å². The van der Waals surface area contributed by atoms with Crippen LogP contribution in [0.25, 0.3) is 10.8 Å². The average Bonchev–Trinajstić information content (AvgIpc) is 3.47. The van der Waals surface area contributed by atoms with Gasteiger partial charge < -0.3 is 4.74 Å². The van der Waals surface area contributed by atoms with Crippen LogP contribution in [0.1, 0.15) is 18.4 Å². The van der Waals surface area contributed by atoms with Crippen LogP contribution in [0.5, 0.6) is 0 Å². The highest BCUT2D eigenvalue weighted by molar-refractivity contribution is 6.22. The maximum atomic E-state index is 12.9. The molecule has 0 radical (unpaired) electrons. The number of nitrogens with zero attached hydrogens (tertiary/aromatic N) is 3. The molecule has 0 aliphatic carbocycles. The van der Waals surface area contributed by atoms with E-state index in [0.29, 0.717) is 12.4 Å². The second-order valence-corrected chi connectivity index (χ2v) is 7.86. The molecule has 2 amide bonds. The number of anilines is 1. The third-order valence-electron chi connectivity index (χ3n) is 6.35. The van der Waals surface area contributed by atoms with E-state index >= 15 is 0 Å². The maximum Gasteiger partial charge on any atom is 0.241 e. The minimum absolute atomic E-state index is 0.103. The number of hydrogen-bond acceptors (Lipinski definition) is 4. The molecule has 2 bridgehead atoms. The van der Waals surface area contributed by atoms with E-state index in [1.807, 2.05) is 24.4 Å². The summed E-state index contributed by atoms with van der Waals surface area (Å²) in [6, 6.07) is 16.2. The van der Waals surface area contributed by atoms with E-state index in [1.54, 1.807) is 10.7 Å². The Labute approximate surface area is 161 Å². The van der Waals surface area contributed by atoms with Crippen LogP contribution >= 0.6 is 0 Å². The number of fused-ring (bicyclic) bond motifs is 6. The largest absolute Gasteiger partial charge is 0.373 e. The van der Waals surface area contributed by atoms with Crippen molar-refractivity contribution in [2.45, 2.75) is 31.6 Å². The van der Waals surface area contributed by atoms with Crippen molar-refractivity contribution in [3.8, 4) is 0 Å². The predicted molar refractivity (Wildman–Crippen MR) is 103 cm³/mol. The molecule has 0 saturated carbocycles. The predicted octanol–water partition coefficient (Wildman–Crippen LogP) is 2.75. The van der Waals surface area contributed by atoms with Gasteiger partial charge in [0.15, 0.2) is 5.82 Å². The van der Waals surface area contributed by atoms with Crippen molar-refractivity contribution in [2.24, 2.45) is 11.8 Å². The molecule has 140 valence electrons. The fourth-order valence-electron chi connectivity index (χ4n) is 5.10. The zero-order valence-corrected chi connectivity index (χ0v) is 15.2. The Bertz CT molecular complexity index is 1090. The molecule has 6 heteroatoms. The van der Waals surface area contributed by atoms with Crippen LogP contribution in [0, 0.1) is 11.8 Å². The van der Waals surface area contributed by atoms with Crippen molar-refractivity contribution in [1.82, 2.24) is 9.78 Å². The van der Waals surface area contributed by atoms with Crippen LogP contribution in [0.4, 0.5) is 5.82 Å². The molecule has 28 heavy (non-hydrogen) atoms. The number of amides is 2. The number of ether oxygens (including phenoxy) is 1. The molecule has 6 rings (SSSR count). The van der Waals surface area contributed by atoms with Crippen molar-refractivity contribution < 1.29 is 14.3 Å². The van der Waals surface area contributed by atoms with Gasteiger partial charge in [0, 0.05) is 12.3 Å². The van der Waals surface area contributed by atoms with Crippen molar-refractivity contribution in [2.75, 3.05) is 4.90 Å². The Balaban J connectivity index is 1.30. The summed E-state index contributed by atoms with van der Waals surface area (Å²) in [4.78, 5) is 27.1. The number of hydrogen-bond donors (Lipinski definition) is 0. The van der Waals surface area contributed by atoms with Crippen molar-refractivity contribution in [3.63, 3.8) is 0 Å². The lowest BCUT2D eigenvalue weighted by Crippen LogP contribution is -2.34. The van der Waals surface area contributed by atoms with Gasteiger partial charge in [-0.15, -0.1) is 0 Å². The first kappa shape index (κ1) is 16.0. The first-order chi connectivity index (χ1) is 13.7. The summed E-state index contributed by atoms with van der Waals surface area (Å²) < 4.78 is 7.58. The second-order valence-electron chi connectivity index (χ2n) is 7.86. The van der Waals surface area contributed by atoms with E-state index in [-0.39, 0.29) is 35.9 Å². The Kier molecular flexibility index (Phi) is 3.29. The van der Waals surface area contributed by atoms with Gasteiger partial charge >= 0.3 is 0 Å². The molecule has 3 saturated heterocycles. The van der Waals surface area contributed by atoms with Crippen LogP contribution < -0.4 is 4.90 Å². The number of rotatable bonds is 3. The van der Waals surface area contributed by atoms with Gasteiger partial charge in [-0.3, -0.25) is 14.3 Å². The van der Waals surface area contributed by atoms with E-state index in [0.717, 1.165) is 18.4 Å². The third kappa shape index (κ3) is 2.15. The molecule has 0 N–H and O–H groups in total. The Morgan fingerprint density at radius 1 is 0.929 bits per heavy atom. The number of carbonyl (C=O) groups excluding carboxylic acids is 2. The quantitative estimate of drug-likeness (QED) is 0.662. The molecular formula is C22H19N3O3. The summed E-state index contributed by atoms with van der Waals surface area (Å²) in [5.74, 6) is -0.539. The summed E-state index contributed by atoms with van der Waals surface area (Å²) in [7, 11) is 0. The van der Waals surface area contributed by atoms with Gasteiger partial charge in [-0.1, -0.05) is 42.5 Å². The molecule has 0 unspecified atom stereocenters. The van der Waals surface area contributed by atoms with Crippen LogP contribution in [0.2, 0.25) is 0 Å². The number of aromatic nitrogens is 2. The lowest BCUT2D eigenvalue weighted by molar-refractivity contribution is -0.124. The molecule has 3 aromatic rings. The Morgan fingerprint density at radius 3 is 2.43 bits per heavy atom. The summed E-state index contributed by atoms with van der Waals surface area (Å²) in [6.45, 7) is 0.582. The molecule has 1 aromatic heterocycles. The van der Waals surface area contributed by atoms with E-state index in [2.05, 4.69) is 29.4 Å². The van der Waals surface area contributed by atoms with Gasteiger partial charge in [-0.25, -0.2) is 4.90 Å². The Hall–Kier alpha value is -2.99. The molecule has 0 spiro atoms. The molecule has 6 nitrogen and oxygen atoms in total. The molecule has 3 aliphatic heterocycles. The average molecular weight is 373 g/mol. The standard InChI is InChI=1S/C22H19N3O3/c26-21-19-16-8-9-17(28-16)20(19)22(27)25(21)18-10-11-24(23-18)12-14-6-3-5-13-4-1-2-7-15(13)14/h1-7,10-11,16-17,19-20H,8-9,12H2/t16-,17+,19-,20+. The van der Waals surface area contributed by atoms with E-state index in [9.17, 15) is 9.59 Å². The highest BCUT2D eigenvalue weighted by Crippen LogP contribution is 2.49. The zero-order valence-electron chi connectivity index (χ0n) is 15.2. The molecule has 3 aliphatic rings. The van der Waals surface area contributed by atoms with E-state index in [4.69, 9.17) is 4.74 Å². The highest BCUT2D eigenvalue weighted by Gasteiger charge is 2.63. The summed E-state index contributed by atoms with van der Waals surface area (Å²) in [5.41, 5.74) is 1.15. The van der Waals surface area contributed by atoms with Crippen LogP contribution in [0.15, 0.2) is 54.7 Å². The van der Waals surface area contributed by atoms with E-state index < -0.39 is 0 Å². The fraction of sp³-hybridized carbons (Fsp3) is 0.318. The van der Waals surface area contributed by atoms with Crippen LogP contribution in [-0.4, -0.2) is 33.8 Å². The van der Waals surface area contributed by atoms with E-state index in [1.165, 1.54) is 15.7 Å². The maximum absolute atomic E-state index is 12.9. The normalized spacial score (nSPS) is 28.5. The highest BCUT2D eigenvalue weighted by atomic mass is 16.5. The van der Waals surface area contributed by atoms with Crippen molar-refractivity contribution >= 4 is 28.4 Å². The summed E-state index contributed by atoms with van der Waals surface area (Å²) >= 11 is 0. The van der Waals surface area contributed by atoms with Gasteiger partial charge in [-0.2, -0.15) is 5.10 Å². The minimum Gasteiger partial charge on any atom is -0.373 e. The van der Waals surface area contributed by atoms with Gasteiger partial charge in [0.05, 0.1) is 30.6 Å². The number of carbonyl (C=O) groups is 2.